The summed E-state index contributed by atoms with van der Waals surface area (Å²) in [6.07, 6.45) is 0. The molecule has 0 saturated heterocycles. The van der Waals surface area contributed by atoms with Crippen molar-refractivity contribution in [1.82, 2.24) is 0 Å². The number of carbonyl (C=O) groups excluding carboxylic acids is 1. The van der Waals surface area contributed by atoms with Gasteiger partial charge in [0.15, 0.2) is 0 Å². The molecule has 0 radical (unpaired) electrons. The molecule has 1 unspecified atom stereocenters. The van der Waals surface area contributed by atoms with Gasteiger partial charge in [-0.3, -0.25) is 0 Å². The second-order valence-electron chi connectivity index (χ2n) is 8.73. The van der Waals surface area contributed by atoms with Gasteiger partial charge < -0.3 is 19.9 Å². The summed E-state index contributed by atoms with van der Waals surface area (Å²) in [6, 6.07) is 31.9. The summed E-state index contributed by atoms with van der Waals surface area (Å²) in [5.74, 6) is 0.492. The van der Waals surface area contributed by atoms with Crippen LogP contribution in [-0.2, 0) is 6.61 Å². The molecule has 6 nitrogen and oxygen atoms in total. The van der Waals surface area contributed by atoms with Crippen LogP contribution in [0.5, 0.6) is 17.2 Å². The highest BCUT2D eigenvalue weighted by atomic mass is 16.5. The Labute approximate surface area is 215 Å². The summed E-state index contributed by atoms with van der Waals surface area (Å²) in [4.78, 5) is 12.6. The Bertz CT molecular complexity index is 1540. The minimum absolute atomic E-state index is 0.0118. The normalized spacial score (nSPS) is 14.2. The van der Waals surface area contributed by atoms with Crippen LogP contribution in [-0.4, -0.2) is 5.97 Å². The summed E-state index contributed by atoms with van der Waals surface area (Å²) >= 11 is 0. The van der Waals surface area contributed by atoms with E-state index < -0.39 is 11.9 Å². The molecule has 0 fully saturated rings. The number of nitrogens with zero attached hydrogens (tertiary/aromatic N) is 1. The number of aryl methyl sites for hydroxylation is 1. The van der Waals surface area contributed by atoms with Crippen LogP contribution in [0.4, 0.5) is 0 Å². The molecule has 0 amide bonds. The van der Waals surface area contributed by atoms with Crippen molar-refractivity contribution in [2.75, 3.05) is 0 Å². The number of rotatable bonds is 6. The molecule has 37 heavy (non-hydrogen) atoms. The molecule has 4 aromatic carbocycles. The lowest BCUT2D eigenvalue weighted by Gasteiger charge is -2.27. The zero-order valence-electron chi connectivity index (χ0n) is 20.2. The molecule has 6 heteroatoms. The molecule has 0 aromatic heterocycles. The number of hydrogen-bond acceptors (Lipinski definition) is 6. The minimum Gasteiger partial charge on any atom is -0.489 e. The summed E-state index contributed by atoms with van der Waals surface area (Å²) < 4.78 is 17.4. The molecular weight excluding hydrogens is 464 g/mol. The van der Waals surface area contributed by atoms with E-state index in [4.69, 9.17) is 19.9 Å². The lowest BCUT2D eigenvalue weighted by Crippen LogP contribution is -2.21. The van der Waals surface area contributed by atoms with E-state index in [1.54, 1.807) is 36.4 Å². The predicted octanol–water partition coefficient (Wildman–Crippen LogP) is 6.01. The zero-order valence-corrected chi connectivity index (χ0v) is 20.2. The Morgan fingerprint density at radius 2 is 1.76 bits per heavy atom. The molecular formula is C31H24N2O4. The summed E-state index contributed by atoms with van der Waals surface area (Å²) in [7, 11) is 0. The summed E-state index contributed by atoms with van der Waals surface area (Å²) in [5, 5.41) is 9.89. The number of hydrogen-bond donors (Lipinski definition) is 1. The van der Waals surface area contributed by atoms with Crippen LogP contribution < -0.4 is 19.9 Å². The van der Waals surface area contributed by atoms with Crippen LogP contribution in [0, 0.1) is 18.3 Å². The third-order valence-electron chi connectivity index (χ3n) is 6.09. The molecule has 5 rings (SSSR count). The molecule has 0 saturated carbocycles. The van der Waals surface area contributed by atoms with E-state index in [1.165, 1.54) is 0 Å². The fraction of sp³-hybridized carbons (Fsp3) is 0.0968. The Hall–Kier alpha value is -5.02. The third kappa shape index (κ3) is 5.16. The van der Waals surface area contributed by atoms with Gasteiger partial charge in [-0.25, -0.2) is 4.79 Å². The number of nitriles is 1. The van der Waals surface area contributed by atoms with Crippen molar-refractivity contribution in [3.63, 3.8) is 0 Å². The number of fused-ring (bicyclic) bond motifs is 1. The first-order chi connectivity index (χ1) is 18.0. The lowest BCUT2D eigenvalue weighted by molar-refractivity contribution is 0.0734. The highest BCUT2D eigenvalue weighted by molar-refractivity contribution is 5.91. The van der Waals surface area contributed by atoms with Crippen LogP contribution in [0.25, 0.3) is 0 Å². The van der Waals surface area contributed by atoms with E-state index in [-0.39, 0.29) is 5.88 Å². The van der Waals surface area contributed by atoms with E-state index in [9.17, 15) is 10.1 Å². The van der Waals surface area contributed by atoms with E-state index >= 15 is 0 Å². The van der Waals surface area contributed by atoms with Crippen molar-refractivity contribution in [2.24, 2.45) is 5.73 Å². The van der Waals surface area contributed by atoms with Gasteiger partial charge in [-0.1, -0.05) is 66.2 Å². The van der Waals surface area contributed by atoms with Crippen molar-refractivity contribution < 1.29 is 19.0 Å². The van der Waals surface area contributed by atoms with Crippen molar-refractivity contribution >= 4 is 5.97 Å². The van der Waals surface area contributed by atoms with Crippen LogP contribution in [0.3, 0.4) is 0 Å². The predicted molar refractivity (Wildman–Crippen MR) is 139 cm³/mol. The Kier molecular flexibility index (Phi) is 6.60. The van der Waals surface area contributed by atoms with Crippen molar-refractivity contribution in [3.8, 4) is 23.3 Å². The van der Waals surface area contributed by atoms with Gasteiger partial charge in [-0.15, -0.1) is 0 Å². The van der Waals surface area contributed by atoms with Gasteiger partial charge in [0.1, 0.15) is 35.5 Å². The van der Waals surface area contributed by atoms with Crippen molar-refractivity contribution in [2.45, 2.75) is 19.4 Å². The average Bonchev–Trinajstić information content (AvgIpc) is 2.92. The van der Waals surface area contributed by atoms with Gasteiger partial charge >= 0.3 is 5.97 Å². The van der Waals surface area contributed by atoms with Gasteiger partial charge in [-0.2, -0.15) is 5.26 Å². The zero-order chi connectivity index (χ0) is 25.8. The van der Waals surface area contributed by atoms with E-state index in [2.05, 4.69) is 6.07 Å². The topological polar surface area (TPSA) is 94.6 Å². The molecule has 1 aliphatic rings. The maximum atomic E-state index is 12.6. The van der Waals surface area contributed by atoms with Crippen LogP contribution >= 0.6 is 0 Å². The third-order valence-corrected chi connectivity index (χ3v) is 6.09. The second-order valence-corrected chi connectivity index (χ2v) is 8.73. The maximum absolute atomic E-state index is 12.6. The largest absolute Gasteiger partial charge is 0.489 e. The lowest BCUT2D eigenvalue weighted by atomic mass is 9.83. The van der Waals surface area contributed by atoms with Crippen molar-refractivity contribution in [3.05, 3.63) is 136 Å². The van der Waals surface area contributed by atoms with Crippen LogP contribution in [0.15, 0.2) is 109 Å². The molecule has 2 N–H and O–H groups in total. The van der Waals surface area contributed by atoms with E-state index in [0.29, 0.717) is 35.0 Å². The molecule has 1 atom stereocenters. The highest BCUT2D eigenvalue weighted by Crippen LogP contribution is 2.44. The van der Waals surface area contributed by atoms with E-state index in [0.717, 1.165) is 22.3 Å². The molecule has 0 bridgehead atoms. The fourth-order valence-electron chi connectivity index (χ4n) is 4.30. The van der Waals surface area contributed by atoms with Crippen LogP contribution in [0.2, 0.25) is 0 Å². The molecule has 0 spiro atoms. The Morgan fingerprint density at radius 3 is 2.54 bits per heavy atom. The molecule has 1 aliphatic heterocycles. The smallest absolute Gasteiger partial charge is 0.343 e. The molecule has 182 valence electrons. The van der Waals surface area contributed by atoms with Gasteiger partial charge in [0.25, 0.3) is 0 Å². The molecule has 4 aromatic rings. The minimum atomic E-state index is -0.472. The summed E-state index contributed by atoms with van der Waals surface area (Å²) in [5.41, 5.74) is 10.5. The standard InChI is InChI=1S/C31H24N2O4/c1-20-7-5-11-23(15-20)31(34)36-25-13-14-26-28(17-25)37-30(33)27(18-32)29(26)22-10-6-12-24(16-22)35-19-21-8-3-2-4-9-21/h2-17,29H,19,33H2,1H3. The van der Waals surface area contributed by atoms with Crippen molar-refractivity contribution in [1.29, 1.82) is 5.26 Å². The highest BCUT2D eigenvalue weighted by Gasteiger charge is 2.31. The maximum Gasteiger partial charge on any atom is 0.343 e. The van der Waals surface area contributed by atoms with Crippen LogP contribution in [0.1, 0.15) is 38.5 Å². The molecule has 0 aliphatic carbocycles. The Morgan fingerprint density at radius 1 is 0.946 bits per heavy atom. The quantitative estimate of drug-likeness (QED) is 0.264. The van der Waals surface area contributed by atoms with Gasteiger partial charge in [-0.05, 0) is 48.4 Å². The number of ether oxygens (including phenoxy) is 3. The number of allylic oxidation sites excluding steroid dienone is 1. The first-order valence-electron chi connectivity index (χ1n) is 11.8. The summed E-state index contributed by atoms with van der Waals surface area (Å²) in [6.45, 7) is 2.33. The first-order valence-corrected chi connectivity index (χ1v) is 11.8. The molecule has 1 heterocycles. The number of nitrogens with two attached hydrogens (primary N) is 1. The average molecular weight is 489 g/mol. The van der Waals surface area contributed by atoms with E-state index in [1.807, 2.05) is 67.6 Å². The van der Waals surface area contributed by atoms with Gasteiger partial charge in [0.05, 0.1) is 11.5 Å². The van der Waals surface area contributed by atoms with Gasteiger partial charge in [0, 0.05) is 11.6 Å². The number of esters is 1. The number of carbonyl (C=O) groups is 1. The SMILES string of the molecule is Cc1cccc(C(=O)Oc2ccc3c(c2)OC(N)=C(C#N)C3c2cccc(OCc3ccccc3)c2)c1. The Balaban J connectivity index is 1.43. The fourth-order valence-corrected chi connectivity index (χ4v) is 4.30. The number of benzene rings is 4. The monoisotopic (exact) mass is 488 g/mol. The second kappa shape index (κ2) is 10.3. The first kappa shape index (κ1) is 23.7. The van der Waals surface area contributed by atoms with Gasteiger partial charge in [0.2, 0.25) is 5.88 Å².